The van der Waals surface area contributed by atoms with Crippen molar-refractivity contribution in [2.24, 2.45) is 0 Å². The normalized spacial score (nSPS) is 14.7. The van der Waals surface area contributed by atoms with Crippen molar-refractivity contribution in [1.29, 1.82) is 0 Å². The molecule has 0 spiro atoms. The number of carbonyl (C=O) groups excluding carboxylic acids is 2. The molecule has 0 aromatic carbocycles. The number of carbonyl (C=O) groups is 2. The van der Waals surface area contributed by atoms with Crippen molar-refractivity contribution in [3.63, 3.8) is 0 Å². The van der Waals surface area contributed by atoms with Crippen LogP contribution >= 0.6 is 11.3 Å². The molecule has 0 saturated carbocycles. The minimum Gasteiger partial charge on any atom is -0.462 e. The third-order valence-electron chi connectivity index (χ3n) is 4.14. The highest BCUT2D eigenvalue weighted by molar-refractivity contribution is 7.08. The molecule has 136 valence electrons. The van der Waals surface area contributed by atoms with Gasteiger partial charge in [-0.25, -0.2) is 9.78 Å². The molecule has 1 aliphatic rings. The molecule has 1 fully saturated rings. The van der Waals surface area contributed by atoms with Crippen molar-refractivity contribution in [3.05, 3.63) is 52.4 Å². The van der Waals surface area contributed by atoms with Gasteiger partial charge in [0, 0.05) is 38.5 Å². The predicted octanol–water partition coefficient (Wildman–Crippen LogP) is 2.68. The molecule has 0 unspecified atom stereocenters. The van der Waals surface area contributed by atoms with Crippen LogP contribution < -0.4 is 4.90 Å². The summed E-state index contributed by atoms with van der Waals surface area (Å²) in [6.45, 7) is 4.84. The van der Waals surface area contributed by atoms with Gasteiger partial charge >= 0.3 is 5.97 Å². The van der Waals surface area contributed by atoms with Gasteiger partial charge in [0.1, 0.15) is 5.82 Å². The summed E-state index contributed by atoms with van der Waals surface area (Å²) in [6, 6.07) is 5.53. The van der Waals surface area contributed by atoms with Crippen LogP contribution in [0.4, 0.5) is 5.82 Å². The number of nitrogens with zero attached hydrogens (tertiary/aromatic N) is 3. The van der Waals surface area contributed by atoms with Gasteiger partial charge in [-0.2, -0.15) is 11.3 Å². The van der Waals surface area contributed by atoms with E-state index in [-0.39, 0.29) is 11.9 Å². The lowest BCUT2D eigenvalue weighted by Gasteiger charge is -2.35. The highest BCUT2D eigenvalue weighted by Crippen LogP contribution is 2.15. The van der Waals surface area contributed by atoms with Gasteiger partial charge in [-0.1, -0.05) is 0 Å². The third kappa shape index (κ3) is 4.49. The molecule has 1 saturated heterocycles. The van der Waals surface area contributed by atoms with Crippen molar-refractivity contribution >= 4 is 35.1 Å². The average Bonchev–Trinajstić information content (AvgIpc) is 3.20. The summed E-state index contributed by atoms with van der Waals surface area (Å²) in [4.78, 5) is 32.3. The van der Waals surface area contributed by atoms with Crippen molar-refractivity contribution < 1.29 is 14.3 Å². The lowest BCUT2D eigenvalue weighted by Crippen LogP contribution is -2.48. The second-order valence-electron chi connectivity index (χ2n) is 5.83. The fourth-order valence-corrected chi connectivity index (χ4v) is 3.34. The number of hydrogen-bond acceptors (Lipinski definition) is 6. The molecule has 26 heavy (non-hydrogen) atoms. The van der Waals surface area contributed by atoms with Gasteiger partial charge in [0.05, 0.1) is 12.2 Å². The molecule has 0 bridgehead atoms. The zero-order valence-corrected chi connectivity index (χ0v) is 15.4. The largest absolute Gasteiger partial charge is 0.462 e. The zero-order valence-electron chi connectivity index (χ0n) is 14.6. The Labute approximate surface area is 156 Å². The number of hydrogen-bond donors (Lipinski definition) is 0. The van der Waals surface area contributed by atoms with Crippen molar-refractivity contribution in [1.82, 2.24) is 9.88 Å². The van der Waals surface area contributed by atoms with E-state index in [1.54, 1.807) is 30.4 Å². The molecular formula is C19H21N3O3S. The lowest BCUT2D eigenvalue weighted by atomic mass is 10.2. The van der Waals surface area contributed by atoms with Crippen molar-refractivity contribution in [2.45, 2.75) is 6.92 Å². The summed E-state index contributed by atoms with van der Waals surface area (Å²) in [5, 5.41) is 4.00. The number of piperazine rings is 1. The number of pyridine rings is 1. The van der Waals surface area contributed by atoms with E-state index in [1.807, 2.05) is 33.9 Å². The Morgan fingerprint density at radius 1 is 1.23 bits per heavy atom. The minimum atomic E-state index is -0.362. The molecule has 2 aromatic rings. The molecule has 6 nitrogen and oxygen atoms in total. The van der Waals surface area contributed by atoms with Gasteiger partial charge < -0.3 is 14.5 Å². The molecule has 0 atom stereocenters. The summed E-state index contributed by atoms with van der Waals surface area (Å²) in [6.07, 6.45) is 5.01. The van der Waals surface area contributed by atoms with E-state index in [2.05, 4.69) is 9.88 Å². The highest BCUT2D eigenvalue weighted by atomic mass is 32.1. The Morgan fingerprint density at radius 2 is 2.04 bits per heavy atom. The van der Waals surface area contributed by atoms with Crippen LogP contribution in [0.1, 0.15) is 22.8 Å². The van der Waals surface area contributed by atoms with E-state index < -0.39 is 0 Å². The summed E-state index contributed by atoms with van der Waals surface area (Å²) in [7, 11) is 0. The number of thiophene rings is 1. The number of esters is 1. The fourth-order valence-electron chi connectivity index (χ4n) is 2.71. The maximum absolute atomic E-state index is 12.3. The number of amides is 1. The average molecular weight is 371 g/mol. The van der Waals surface area contributed by atoms with Gasteiger partial charge in [0.15, 0.2) is 0 Å². The van der Waals surface area contributed by atoms with Gasteiger partial charge in [-0.15, -0.1) is 0 Å². The van der Waals surface area contributed by atoms with Gasteiger partial charge in [0.25, 0.3) is 0 Å². The van der Waals surface area contributed by atoms with E-state index >= 15 is 0 Å². The summed E-state index contributed by atoms with van der Waals surface area (Å²) in [5.41, 5.74) is 1.50. The smallest absolute Gasteiger partial charge is 0.339 e. The number of rotatable bonds is 5. The first-order chi connectivity index (χ1) is 12.7. The molecule has 0 radical (unpaired) electrons. The molecule has 1 aliphatic heterocycles. The first-order valence-corrected chi connectivity index (χ1v) is 9.49. The Hall–Kier alpha value is -2.67. The molecule has 0 aliphatic carbocycles. The van der Waals surface area contributed by atoms with Crippen LogP contribution in [0, 0.1) is 0 Å². The topological polar surface area (TPSA) is 62.7 Å². The Morgan fingerprint density at radius 3 is 2.65 bits per heavy atom. The zero-order chi connectivity index (χ0) is 18.4. The Bertz CT molecular complexity index is 764. The van der Waals surface area contributed by atoms with E-state index in [4.69, 9.17) is 4.74 Å². The molecule has 7 heteroatoms. The summed E-state index contributed by atoms with van der Waals surface area (Å²) < 4.78 is 4.96. The maximum atomic E-state index is 12.3. The van der Waals surface area contributed by atoms with Gasteiger partial charge in [0.2, 0.25) is 5.91 Å². The standard InChI is InChI=1S/C19H21N3O3S/c1-2-25-19(24)16-4-5-17(20-13-16)21-8-10-22(11-9-21)18(23)6-3-15-7-12-26-14-15/h3-7,12-14H,2,8-11H2,1H3. The van der Waals surface area contributed by atoms with Gasteiger partial charge in [-0.3, -0.25) is 4.79 Å². The lowest BCUT2D eigenvalue weighted by molar-refractivity contribution is -0.126. The summed E-state index contributed by atoms with van der Waals surface area (Å²) in [5.74, 6) is 0.472. The van der Waals surface area contributed by atoms with E-state index in [9.17, 15) is 9.59 Å². The third-order valence-corrected chi connectivity index (χ3v) is 4.84. The van der Waals surface area contributed by atoms with Crippen LogP contribution in [-0.4, -0.2) is 54.5 Å². The van der Waals surface area contributed by atoms with Gasteiger partial charge in [-0.05, 0) is 47.5 Å². The molecule has 1 amide bonds. The molecule has 0 N–H and O–H groups in total. The predicted molar refractivity (Wildman–Crippen MR) is 102 cm³/mol. The SMILES string of the molecule is CCOC(=O)c1ccc(N2CCN(C(=O)C=Cc3ccsc3)CC2)nc1. The second kappa shape index (κ2) is 8.62. The van der Waals surface area contributed by atoms with E-state index in [0.717, 1.165) is 11.4 Å². The monoisotopic (exact) mass is 371 g/mol. The maximum Gasteiger partial charge on any atom is 0.339 e. The molecular weight excluding hydrogens is 350 g/mol. The van der Waals surface area contributed by atoms with Crippen LogP contribution in [0.15, 0.2) is 41.2 Å². The number of anilines is 1. The molecule has 2 aromatic heterocycles. The minimum absolute atomic E-state index is 0.0291. The van der Waals surface area contributed by atoms with E-state index in [1.165, 1.54) is 6.20 Å². The van der Waals surface area contributed by atoms with Crippen molar-refractivity contribution in [2.75, 3.05) is 37.7 Å². The van der Waals surface area contributed by atoms with Crippen LogP contribution in [-0.2, 0) is 9.53 Å². The first kappa shape index (κ1) is 18.1. The van der Waals surface area contributed by atoms with Crippen LogP contribution in [0.25, 0.3) is 6.08 Å². The Balaban J connectivity index is 1.53. The summed E-state index contributed by atoms with van der Waals surface area (Å²) >= 11 is 1.61. The quantitative estimate of drug-likeness (QED) is 0.597. The van der Waals surface area contributed by atoms with E-state index in [0.29, 0.717) is 38.3 Å². The Kier molecular flexibility index (Phi) is 6.01. The molecule has 3 heterocycles. The van der Waals surface area contributed by atoms with Crippen LogP contribution in [0.2, 0.25) is 0 Å². The van der Waals surface area contributed by atoms with Crippen molar-refractivity contribution in [3.8, 4) is 0 Å². The number of aromatic nitrogens is 1. The van der Waals surface area contributed by atoms with Crippen LogP contribution in [0.3, 0.4) is 0 Å². The second-order valence-corrected chi connectivity index (χ2v) is 6.61. The highest BCUT2D eigenvalue weighted by Gasteiger charge is 2.20. The fraction of sp³-hybridized carbons (Fsp3) is 0.316. The first-order valence-electron chi connectivity index (χ1n) is 8.54. The van der Waals surface area contributed by atoms with Crippen LogP contribution in [0.5, 0.6) is 0 Å². The number of ether oxygens (including phenoxy) is 1. The molecule has 3 rings (SSSR count).